The number of benzene rings is 1. The maximum Gasteiger partial charge on any atom is 0.138 e. The molecule has 1 aromatic carbocycles. The fraction of sp³-hybridized carbons (Fsp3) is 0.500. The largest absolute Gasteiger partial charge is 0.494 e. The highest BCUT2D eigenvalue weighted by Crippen LogP contribution is 2.20. The van der Waals surface area contributed by atoms with E-state index in [0.717, 1.165) is 31.1 Å². The molecule has 1 aromatic heterocycles. The summed E-state index contributed by atoms with van der Waals surface area (Å²) in [6.45, 7) is 8.64. The lowest BCUT2D eigenvalue weighted by atomic mass is 10.0. The molecular weight excluding hydrogens is 264 g/mol. The monoisotopic (exact) mass is 288 g/mol. The molecule has 1 N–H and O–H groups in total. The first-order chi connectivity index (χ1) is 10.3. The molecule has 0 aliphatic carbocycles. The van der Waals surface area contributed by atoms with Gasteiger partial charge in [-0.1, -0.05) is 19.1 Å². The Morgan fingerprint density at radius 3 is 2.57 bits per heavy atom. The standard InChI is InChI=1S/C16H24N4O/c1-4-17-15(11-16-18-12-19-20(16)5-2)13-7-9-14(10-8-13)21-6-3/h7-10,12,15,17H,4-6,11H2,1-3H3. The van der Waals surface area contributed by atoms with Crippen molar-refractivity contribution in [2.75, 3.05) is 13.2 Å². The van der Waals surface area contributed by atoms with Gasteiger partial charge in [-0.25, -0.2) is 4.98 Å². The first-order valence-electron chi connectivity index (χ1n) is 7.61. The smallest absolute Gasteiger partial charge is 0.138 e. The van der Waals surface area contributed by atoms with E-state index in [-0.39, 0.29) is 6.04 Å². The van der Waals surface area contributed by atoms with E-state index < -0.39 is 0 Å². The molecule has 0 spiro atoms. The molecule has 114 valence electrons. The fourth-order valence-electron chi connectivity index (χ4n) is 2.41. The molecule has 1 heterocycles. The zero-order chi connectivity index (χ0) is 15.1. The van der Waals surface area contributed by atoms with Gasteiger partial charge in [0, 0.05) is 19.0 Å². The summed E-state index contributed by atoms with van der Waals surface area (Å²) < 4.78 is 7.44. The molecule has 5 nitrogen and oxygen atoms in total. The normalized spacial score (nSPS) is 12.3. The second-order valence-electron chi connectivity index (χ2n) is 4.81. The van der Waals surface area contributed by atoms with E-state index in [9.17, 15) is 0 Å². The highest BCUT2D eigenvalue weighted by atomic mass is 16.5. The van der Waals surface area contributed by atoms with Crippen LogP contribution in [0.4, 0.5) is 0 Å². The third kappa shape index (κ3) is 4.04. The van der Waals surface area contributed by atoms with Crippen LogP contribution in [-0.2, 0) is 13.0 Å². The number of nitrogens with one attached hydrogen (secondary N) is 1. The molecule has 1 atom stereocenters. The SMILES string of the molecule is CCNC(Cc1ncnn1CC)c1ccc(OCC)cc1. The van der Waals surface area contributed by atoms with Gasteiger partial charge in [0.2, 0.25) is 0 Å². The summed E-state index contributed by atoms with van der Waals surface area (Å²) in [6, 6.07) is 8.51. The van der Waals surface area contributed by atoms with Crippen molar-refractivity contribution >= 4 is 0 Å². The second-order valence-corrected chi connectivity index (χ2v) is 4.81. The predicted octanol–water partition coefficient (Wildman–Crippen LogP) is 2.59. The minimum Gasteiger partial charge on any atom is -0.494 e. The van der Waals surface area contributed by atoms with Crippen molar-refractivity contribution in [2.24, 2.45) is 0 Å². The maximum atomic E-state index is 5.50. The average Bonchev–Trinajstić information content (AvgIpc) is 2.95. The maximum absolute atomic E-state index is 5.50. The number of ether oxygens (including phenoxy) is 1. The topological polar surface area (TPSA) is 52.0 Å². The molecule has 0 bridgehead atoms. The minimum atomic E-state index is 0.236. The van der Waals surface area contributed by atoms with E-state index >= 15 is 0 Å². The number of aryl methyl sites for hydroxylation is 1. The van der Waals surface area contributed by atoms with Crippen LogP contribution in [0.5, 0.6) is 5.75 Å². The van der Waals surface area contributed by atoms with E-state index in [2.05, 4.69) is 41.4 Å². The first kappa shape index (κ1) is 15.5. The Kier molecular flexibility index (Phi) is 5.75. The molecule has 0 aliphatic rings. The van der Waals surface area contributed by atoms with Gasteiger partial charge < -0.3 is 10.1 Å². The third-order valence-electron chi connectivity index (χ3n) is 3.43. The quantitative estimate of drug-likeness (QED) is 0.811. The first-order valence-corrected chi connectivity index (χ1v) is 7.61. The van der Waals surface area contributed by atoms with Crippen LogP contribution >= 0.6 is 0 Å². The van der Waals surface area contributed by atoms with Gasteiger partial charge in [-0.15, -0.1) is 0 Å². The van der Waals surface area contributed by atoms with Gasteiger partial charge in [0.05, 0.1) is 6.61 Å². The van der Waals surface area contributed by atoms with E-state index in [1.807, 2.05) is 23.7 Å². The summed E-state index contributed by atoms with van der Waals surface area (Å²) in [5, 5.41) is 7.76. The van der Waals surface area contributed by atoms with Crippen LogP contribution < -0.4 is 10.1 Å². The minimum absolute atomic E-state index is 0.236. The number of likely N-dealkylation sites (N-methyl/N-ethyl adjacent to an activating group) is 1. The Hall–Kier alpha value is -1.88. The van der Waals surface area contributed by atoms with Crippen LogP contribution in [0, 0.1) is 0 Å². The van der Waals surface area contributed by atoms with E-state index in [1.54, 1.807) is 6.33 Å². The van der Waals surface area contributed by atoms with Crippen molar-refractivity contribution in [3.63, 3.8) is 0 Å². The van der Waals surface area contributed by atoms with Crippen molar-refractivity contribution in [3.8, 4) is 5.75 Å². The highest BCUT2D eigenvalue weighted by molar-refractivity contribution is 5.29. The molecule has 2 rings (SSSR count). The average molecular weight is 288 g/mol. The zero-order valence-corrected chi connectivity index (χ0v) is 13.0. The molecule has 1 unspecified atom stereocenters. The molecule has 5 heteroatoms. The van der Waals surface area contributed by atoms with Gasteiger partial charge in [0.15, 0.2) is 0 Å². The molecule has 0 saturated heterocycles. The molecule has 0 radical (unpaired) electrons. The van der Waals surface area contributed by atoms with Gasteiger partial charge in [-0.2, -0.15) is 5.10 Å². The number of hydrogen-bond donors (Lipinski definition) is 1. The zero-order valence-electron chi connectivity index (χ0n) is 13.0. The van der Waals surface area contributed by atoms with Crippen molar-refractivity contribution in [1.82, 2.24) is 20.1 Å². The number of rotatable bonds is 8. The summed E-state index contributed by atoms with van der Waals surface area (Å²) in [5.74, 6) is 1.92. The molecule has 0 amide bonds. The molecule has 0 aliphatic heterocycles. The van der Waals surface area contributed by atoms with Crippen LogP contribution in [0.1, 0.15) is 38.2 Å². The predicted molar refractivity (Wildman–Crippen MR) is 83.4 cm³/mol. The van der Waals surface area contributed by atoms with Crippen molar-refractivity contribution in [2.45, 2.75) is 39.8 Å². The van der Waals surface area contributed by atoms with Crippen molar-refractivity contribution in [1.29, 1.82) is 0 Å². The summed E-state index contributed by atoms with van der Waals surface area (Å²) in [7, 11) is 0. The van der Waals surface area contributed by atoms with E-state index in [4.69, 9.17) is 4.74 Å². The van der Waals surface area contributed by atoms with Gasteiger partial charge in [-0.05, 0) is 38.1 Å². The van der Waals surface area contributed by atoms with E-state index in [1.165, 1.54) is 5.56 Å². The van der Waals surface area contributed by atoms with Crippen LogP contribution in [-0.4, -0.2) is 27.9 Å². The summed E-state index contributed by atoms with van der Waals surface area (Å²) >= 11 is 0. The summed E-state index contributed by atoms with van der Waals surface area (Å²) in [6.07, 6.45) is 2.45. The molecule has 2 aromatic rings. The Morgan fingerprint density at radius 1 is 1.19 bits per heavy atom. The highest BCUT2D eigenvalue weighted by Gasteiger charge is 2.14. The summed E-state index contributed by atoms with van der Waals surface area (Å²) in [4.78, 5) is 4.37. The summed E-state index contributed by atoms with van der Waals surface area (Å²) in [5.41, 5.74) is 1.24. The van der Waals surface area contributed by atoms with Gasteiger partial charge in [-0.3, -0.25) is 4.68 Å². The third-order valence-corrected chi connectivity index (χ3v) is 3.43. The Morgan fingerprint density at radius 2 is 1.95 bits per heavy atom. The van der Waals surface area contributed by atoms with Gasteiger partial charge >= 0.3 is 0 Å². The lowest BCUT2D eigenvalue weighted by Gasteiger charge is -2.18. The van der Waals surface area contributed by atoms with Crippen molar-refractivity contribution < 1.29 is 4.74 Å². The molecule has 0 fully saturated rings. The lowest BCUT2D eigenvalue weighted by Crippen LogP contribution is -2.24. The number of aromatic nitrogens is 3. The van der Waals surface area contributed by atoms with Crippen LogP contribution in [0.2, 0.25) is 0 Å². The Balaban J connectivity index is 2.14. The number of hydrogen-bond acceptors (Lipinski definition) is 4. The van der Waals surface area contributed by atoms with Crippen molar-refractivity contribution in [3.05, 3.63) is 42.0 Å². The van der Waals surface area contributed by atoms with E-state index in [0.29, 0.717) is 6.61 Å². The molecule has 21 heavy (non-hydrogen) atoms. The van der Waals surface area contributed by atoms with Gasteiger partial charge in [0.1, 0.15) is 17.9 Å². The molecule has 0 saturated carbocycles. The van der Waals surface area contributed by atoms with Crippen LogP contribution in [0.15, 0.2) is 30.6 Å². The fourth-order valence-corrected chi connectivity index (χ4v) is 2.41. The molecular formula is C16H24N4O. The van der Waals surface area contributed by atoms with Crippen LogP contribution in [0.25, 0.3) is 0 Å². The lowest BCUT2D eigenvalue weighted by molar-refractivity contribution is 0.340. The second kappa shape index (κ2) is 7.78. The Bertz CT molecular complexity index is 535. The van der Waals surface area contributed by atoms with Gasteiger partial charge in [0.25, 0.3) is 0 Å². The number of nitrogens with zero attached hydrogens (tertiary/aromatic N) is 3. The van der Waals surface area contributed by atoms with Crippen LogP contribution in [0.3, 0.4) is 0 Å². The Labute approximate surface area is 126 Å².